The molecule has 1 saturated carbocycles. The molecule has 0 saturated heterocycles. The zero-order valence-electron chi connectivity index (χ0n) is 12.6. The lowest BCUT2D eigenvalue weighted by Crippen LogP contribution is -2.37. The third-order valence-corrected chi connectivity index (χ3v) is 4.78. The third kappa shape index (κ3) is 5.12. The lowest BCUT2D eigenvalue weighted by Gasteiger charge is -2.22. The van der Waals surface area contributed by atoms with Gasteiger partial charge in [-0.1, -0.05) is 32.1 Å². The molecular weight excluding hydrogens is 268 g/mol. The van der Waals surface area contributed by atoms with Crippen LogP contribution in [0.3, 0.4) is 0 Å². The van der Waals surface area contributed by atoms with Crippen LogP contribution in [0.4, 0.5) is 0 Å². The largest absolute Gasteiger partial charge is 0.356 e. The molecule has 2 N–H and O–H groups in total. The molecule has 0 unspecified atom stereocenters. The molecule has 4 nitrogen and oxygen atoms in total. The van der Waals surface area contributed by atoms with Crippen molar-refractivity contribution in [3.63, 3.8) is 0 Å². The van der Waals surface area contributed by atoms with E-state index >= 15 is 0 Å². The van der Waals surface area contributed by atoms with Crippen LogP contribution in [-0.4, -0.2) is 24.5 Å². The Morgan fingerprint density at radius 3 is 2.80 bits per heavy atom. The lowest BCUT2D eigenvalue weighted by atomic mass is 9.87. The quantitative estimate of drug-likeness (QED) is 0.648. The fraction of sp³-hybridized carbons (Fsp3) is 0.733. The molecule has 0 atom stereocenters. The highest BCUT2D eigenvalue weighted by Gasteiger charge is 2.12. The maximum Gasteiger partial charge on any atom is 0.191 e. The van der Waals surface area contributed by atoms with E-state index in [9.17, 15) is 0 Å². The van der Waals surface area contributed by atoms with Gasteiger partial charge in [-0.3, -0.25) is 4.99 Å². The second-order valence-electron chi connectivity index (χ2n) is 5.51. The fourth-order valence-corrected chi connectivity index (χ4v) is 3.46. The molecule has 0 aliphatic heterocycles. The molecular formula is C15H26N4S. The van der Waals surface area contributed by atoms with E-state index in [0.29, 0.717) is 0 Å². The Bertz CT molecular complexity index is 421. The van der Waals surface area contributed by atoms with E-state index in [1.54, 1.807) is 11.3 Å². The minimum absolute atomic E-state index is 0.752. The molecule has 1 aliphatic carbocycles. The van der Waals surface area contributed by atoms with Gasteiger partial charge >= 0.3 is 0 Å². The van der Waals surface area contributed by atoms with Gasteiger partial charge in [0.2, 0.25) is 0 Å². The standard InChI is InChI=1S/C15H26N4S/c1-12-10-18-14(20-12)11-19-15(16-2)17-9-8-13-6-4-3-5-7-13/h10,13H,3-9,11H2,1-2H3,(H2,16,17,19). The summed E-state index contributed by atoms with van der Waals surface area (Å²) < 4.78 is 0. The monoisotopic (exact) mass is 294 g/mol. The van der Waals surface area contributed by atoms with Crippen LogP contribution in [0.25, 0.3) is 0 Å². The van der Waals surface area contributed by atoms with Crippen molar-refractivity contribution in [2.75, 3.05) is 13.6 Å². The average Bonchev–Trinajstić information content (AvgIpc) is 2.89. The van der Waals surface area contributed by atoms with Gasteiger partial charge in [-0.2, -0.15) is 0 Å². The van der Waals surface area contributed by atoms with E-state index in [4.69, 9.17) is 0 Å². The van der Waals surface area contributed by atoms with Crippen molar-refractivity contribution in [3.8, 4) is 0 Å². The van der Waals surface area contributed by atoms with Gasteiger partial charge in [0.25, 0.3) is 0 Å². The van der Waals surface area contributed by atoms with Gasteiger partial charge in [0.1, 0.15) is 5.01 Å². The summed E-state index contributed by atoms with van der Waals surface area (Å²) in [4.78, 5) is 9.86. The highest BCUT2D eigenvalue weighted by molar-refractivity contribution is 7.11. The van der Waals surface area contributed by atoms with Crippen molar-refractivity contribution in [2.45, 2.75) is 52.0 Å². The SMILES string of the molecule is CN=C(NCCC1CCCCC1)NCc1ncc(C)s1. The first kappa shape index (κ1) is 15.3. The van der Waals surface area contributed by atoms with Gasteiger partial charge in [-0.25, -0.2) is 4.98 Å². The van der Waals surface area contributed by atoms with E-state index in [2.05, 4.69) is 27.5 Å². The van der Waals surface area contributed by atoms with Crippen molar-refractivity contribution < 1.29 is 0 Å². The van der Waals surface area contributed by atoms with Gasteiger partial charge in [0, 0.05) is 24.7 Å². The summed E-state index contributed by atoms with van der Waals surface area (Å²) in [6.07, 6.45) is 10.3. The van der Waals surface area contributed by atoms with Crippen molar-refractivity contribution in [2.24, 2.45) is 10.9 Å². The molecule has 0 aromatic carbocycles. The molecule has 5 heteroatoms. The number of hydrogen-bond acceptors (Lipinski definition) is 3. The number of thiazole rings is 1. The number of aromatic nitrogens is 1. The minimum Gasteiger partial charge on any atom is -0.356 e. The maximum absolute atomic E-state index is 4.35. The van der Waals surface area contributed by atoms with Gasteiger partial charge in [-0.05, 0) is 19.3 Å². The molecule has 0 spiro atoms. The van der Waals surface area contributed by atoms with Gasteiger partial charge in [-0.15, -0.1) is 11.3 Å². The first-order chi connectivity index (χ1) is 9.78. The summed E-state index contributed by atoms with van der Waals surface area (Å²) in [6, 6.07) is 0. The van der Waals surface area contributed by atoms with Crippen LogP contribution in [0.15, 0.2) is 11.2 Å². The predicted octanol–water partition coefficient (Wildman–Crippen LogP) is 3.09. The number of aryl methyl sites for hydroxylation is 1. The molecule has 1 aliphatic rings. The van der Waals surface area contributed by atoms with E-state index in [0.717, 1.165) is 30.0 Å². The Morgan fingerprint density at radius 2 is 2.15 bits per heavy atom. The molecule has 0 bridgehead atoms. The second kappa shape index (κ2) is 8.25. The number of aliphatic imine (C=N–C) groups is 1. The molecule has 2 rings (SSSR count). The van der Waals surface area contributed by atoms with Crippen LogP contribution in [-0.2, 0) is 6.54 Å². The van der Waals surface area contributed by atoms with E-state index in [-0.39, 0.29) is 0 Å². The second-order valence-corrected chi connectivity index (χ2v) is 6.83. The Kier molecular flexibility index (Phi) is 6.30. The zero-order valence-corrected chi connectivity index (χ0v) is 13.4. The van der Waals surface area contributed by atoms with Crippen LogP contribution in [0.2, 0.25) is 0 Å². The number of rotatable bonds is 5. The Labute approximate surface area is 126 Å². The predicted molar refractivity (Wildman–Crippen MR) is 86.2 cm³/mol. The summed E-state index contributed by atoms with van der Waals surface area (Å²) in [5.41, 5.74) is 0. The molecule has 1 aromatic rings. The number of guanidine groups is 1. The Balaban J connectivity index is 1.64. The van der Waals surface area contributed by atoms with Crippen LogP contribution >= 0.6 is 11.3 Å². The Hall–Kier alpha value is -1.10. The highest BCUT2D eigenvalue weighted by atomic mass is 32.1. The topological polar surface area (TPSA) is 49.3 Å². The number of nitrogens with zero attached hydrogens (tertiary/aromatic N) is 2. The van der Waals surface area contributed by atoms with Crippen molar-refractivity contribution in [1.29, 1.82) is 0 Å². The van der Waals surface area contributed by atoms with E-state index in [1.807, 2.05) is 13.2 Å². The third-order valence-electron chi connectivity index (χ3n) is 3.87. The average molecular weight is 294 g/mol. The van der Waals surface area contributed by atoms with Crippen LogP contribution in [0, 0.1) is 12.8 Å². The van der Waals surface area contributed by atoms with Crippen molar-refractivity contribution in [3.05, 3.63) is 16.1 Å². The molecule has 1 aromatic heterocycles. The van der Waals surface area contributed by atoms with Crippen molar-refractivity contribution in [1.82, 2.24) is 15.6 Å². The molecule has 1 fully saturated rings. The molecule has 112 valence electrons. The number of nitrogens with one attached hydrogen (secondary N) is 2. The minimum atomic E-state index is 0.752. The fourth-order valence-electron chi connectivity index (χ4n) is 2.73. The normalized spacial score (nSPS) is 17.2. The summed E-state index contributed by atoms with van der Waals surface area (Å²) >= 11 is 1.73. The summed E-state index contributed by atoms with van der Waals surface area (Å²) in [5, 5.41) is 7.84. The molecule has 0 amide bonds. The smallest absolute Gasteiger partial charge is 0.191 e. The lowest BCUT2D eigenvalue weighted by molar-refractivity contribution is 0.339. The van der Waals surface area contributed by atoms with E-state index in [1.165, 1.54) is 43.4 Å². The van der Waals surface area contributed by atoms with Gasteiger partial charge < -0.3 is 10.6 Å². The summed E-state index contributed by atoms with van der Waals surface area (Å²) in [7, 11) is 1.82. The Morgan fingerprint density at radius 1 is 1.35 bits per heavy atom. The maximum atomic E-state index is 4.35. The zero-order chi connectivity index (χ0) is 14.2. The van der Waals surface area contributed by atoms with Crippen LogP contribution < -0.4 is 10.6 Å². The molecule has 1 heterocycles. The number of hydrogen-bond donors (Lipinski definition) is 2. The van der Waals surface area contributed by atoms with Crippen LogP contribution in [0.5, 0.6) is 0 Å². The van der Waals surface area contributed by atoms with E-state index < -0.39 is 0 Å². The molecule has 0 radical (unpaired) electrons. The van der Waals surface area contributed by atoms with Crippen LogP contribution in [0.1, 0.15) is 48.4 Å². The summed E-state index contributed by atoms with van der Waals surface area (Å²) in [5.74, 6) is 1.80. The highest BCUT2D eigenvalue weighted by Crippen LogP contribution is 2.25. The summed E-state index contributed by atoms with van der Waals surface area (Å²) in [6.45, 7) is 3.85. The van der Waals surface area contributed by atoms with Crippen molar-refractivity contribution >= 4 is 17.3 Å². The molecule has 20 heavy (non-hydrogen) atoms. The van der Waals surface area contributed by atoms with Gasteiger partial charge in [0.05, 0.1) is 6.54 Å². The first-order valence-electron chi connectivity index (χ1n) is 7.63. The first-order valence-corrected chi connectivity index (χ1v) is 8.45. The van der Waals surface area contributed by atoms with Gasteiger partial charge in [0.15, 0.2) is 5.96 Å².